The Morgan fingerprint density at radius 1 is 1.27 bits per heavy atom. The second-order valence-corrected chi connectivity index (χ2v) is 7.35. The molecule has 2 amide bonds. The Balaban J connectivity index is 2.05. The number of aromatic nitrogens is 2. The fourth-order valence-electron chi connectivity index (χ4n) is 1.72. The van der Waals surface area contributed by atoms with E-state index in [0.717, 1.165) is 36.3 Å². The first-order chi connectivity index (χ1) is 12.2. The van der Waals surface area contributed by atoms with E-state index in [1.165, 1.54) is 25.1 Å². The lowest BCUT2D eigenvalue weighted by Gasteiger charge is -2.12. The molecule has 0 bridgehead atoms. The number of anilines is 2. The van der Waals surface area contributed by atoms with Crippen LogP contribution in [0.15, 0.2) is 28.6 Å². The largest absolute Gasteiger partial charge is 0.453 e. The summed E-state index contributed by atoms with van der Waals surface area (Å²) < 4.78 is 43.6. The summed E-state index contributed by atoms with van der Waals surface area (Å²) in [4.78, 5) is 22.8. The number of carbonyl (C=O) groups is 2. The predicted molar refractivity (Wildman–Crippen MR) is 90.5 cm³/mol. The molecule has 12 heteroatoms. The fraction of sp³-hybridized carbons (Fsp3) is 0.286. The lowest BCUT2D eigenvalue weighted by molar-refractivity contribution is -0.137. The van der Waals surface area contributed by atoms with Crippen molar-refractivity contribution in [3.05, 3.63) is 29.8 Å². The van der Waals surface area contributed by atoms with Crippen molar-refractivity contribution in [3.8, 4) is 0 Å². The molecular weight excluding hydrogens is 393 g/mol. The molecule has 1 heterocycles. The highest BCUT2D eigenvalue weighted by Crippen LogP contribution is 2.37. The van der Waals surface area contributed by atoms with E-state index in [-0.39, 0.29) is 10.8 Å². The molecule has 0 saturated heterocycles. The molecule has 0 aliphatic heterocycles. The second-order valence-electron chi connectivity index (χ2n) is 4.78. The number of imide groups is 1. The normalized spacial score (nSPS) is 12.3. The van der Waals surface area contributed by atoms with E-state index < -0.39 is 29.0 Å². The van der Waals surface area contributed by atoms with Crippen molar-refractivity contribution in [2.45, 2.75) is 22.7 Å². The molecule has 1 atom stereocenters. The van der Waals surface area contributed by atoms with Gasteiger partial charge in [0.1, 0.15) is 0 Å². The van der Waals surface area contributed by atoms with Gasteiger partial charge in [-0.05, 0) is 19.1 Å². The van der Waals surface area contributed by atoms with Crippen LogP contribution < -0.4 is 10.6 Å². The van der Waals surface area contributed by atoms with E-state index >= 15 is 0 Å². The third-order valence-electron chi connectivity index (χ3n) is 2.94. The van der Waals surface area contributed by atoms with Crippen LogP contribution in [0.2, 0.25) is 0 Å². The summed E-state index contributed by atoms with van der Waals surface area (Å²) in [7, 11) is 1.13. The number of ether oxygens (including phenoxy) is 1. The minimum atomic E-state index is -4.51. The maximum absolute atomic E-state index is 13.0. The molecule has 140 valence electrons. The van der Waals surface area contributed by atoms with Crippen LogP contribution >= 0.6 is 23.1 Å². The number of benzene rings is 1. The summed E-state index contributed by atoms with van der Waals surface area (Å²) in [6.45, 7) is 1.54. The molecular formula is C14H13F3N4O3S2. The Morgan fingerprint density at radius 3 is 2.62 bits per heavy atom. The molecule has 2 aromatic rings. The molecule has 7 nitrogen and oxygen atoms in total. The summed E-state index contributed by atoms with van der Waals surface area (Å²) in [5, 5.41) is 11.6. The number of carbonyl (C=O) groups excluding carboxylic acids is 2. The third kappa shape index (κ3) is 5.33. The first-order valence-electron chi connectivity index (χ1n) is 7.03. The highest BCUT2D eigenvalue weighted by Gasteiger charge is 2.33. The number of nitrogens with zero attached hydrogens (tertiary/aromatic N) is 2. The molecule has 0 radical (unpaired) electrons. The summed E-state index contributed by atoms with van der Waals surface area (Å²) in [5.41, 5.74) is -0.973. The van der Waals surface area contributed by atoms with Gasteiger partial charge in [-0.15, -0.1) is 10.2 Å². The third-order valence-corrected chi connectivity index (χ3v) is 4.96. The highest BCUT2D eigenvalue weighted by molar-refractivity contribution is 8.02. The average Bonchev–Trinajstić information content (AvgIpc) is 3.01. The minimum absolute atomic E-state index is 0.143. The number of hydrogen-bond acceptors (Lipinski definition) is 8. The number of alkyl halides is 3. The topological polar surface area (TPSA) is 93.2 Å². The molecule has 1 aromatic heterocycles. The molecule has 0 unspecified atom stereocenters. The van der Waals surface area contributed by atoms with E-state index in [4.69, 9.17) is 0 Å². The number of methoxy groups -OCH3 is 1. The zero-order chi connectivity index (χ0) is 19.3. The van der Waals surface area contributed by atoms with E-state index in [1.807, 2.05) is 5.32 Å². The number of nitrogens with one attached hydrogen (secondary N) is 2. The van der Waals surface area contributed by atoms with Crippen LogP contribution in [0.5, 0.6) is 0 Å². The molecule has 0 saturated carbocycles. The Kier molecular flexibility index (Phi) is 6.42. The van der Waals surface area contributed by atoms with Gasteiger partial charge in [0, 0.05) is 0 Å². The number of halogens is 3. The molecule has 0 aliphatic carbocycles. The monoisotopic (exact) mass is 406 g/mol. The first-order valence-corrected chi connectivity index (χ1v) is 8.72. The van der Waals surface area contributed by atoms with Crippen molar-refractivity contribution in [2.24, 2.45) is 0 Å². The number of para-hydroxylation sites is 1. The quantitative estimate of drug-likeness (QED) is 0.732. The molecule has 26 heavy (non-hydrogen) atoms. The van der Waals surface area contributed by atoms with Gasteiger partial charge in [-0.25, -0.2) is 4.79 Å². The van der Waals surface area contributed by atoms with Gasteiger partial charge in [0.15, 0.2) is 4.34 Å². The summed E-state index contributed by atoms with van der Waals surface area (Å²) in [6.07, 6.45) is -5.39. The van der Waals surface area contributed by atoms with Crippen LogP contribution in [0.1, 0.15) is 12.5 Å². The highest BCUT2D eigenvalue weighted by atomic mass is 32.2. The van der Waals surface area contributed by atoms with Crippen LogP contribution in [0, 0.1) is 0 Å². The smallest absolute Gasteiger partial charge is 0.418 e. The van der Waals surface area contributed by atoms with Crippen molar-refractivity contribution >= 4 is 45.9 Å². The Labute approximate surface area is 154 Å². The van der Waals surface area contributed by atoms with Crippen LogP contribution in [0.3, 0.4) is 0 Å². The van der Waals surface area contributed by atoms with Crippen molar-refractivity contribution in [1.82, 2.24) is 15.5 Å². The molecule has 0 fully saturated rings. The first kappa shape index (κ1) is 20.0. The van der Waals surface area contributed by atoms with E-state index in [9.17, 15) is 22.8 Å². The average molecular weight is 406 g/mol. The Morgan fingerprint density at radius 2 is 1.96 bits per heavy atom. The number of thioether (sulfide) groups is 1. The SMILES string of the molecule is COC(=O)NC(=O)[C@@H](C)Sc1nnc(Nc2ccccc2C(F)(F)F)s1. The van der Waals surface area contributed by atoms with Crippen molar-refractivity contribution in [2.75, 3.05) is 12.4 Å². The minimum Gasteiger partial charge on any atom is -0.453 e. The maximum atomic E-state index is 13.0. The van der Waals surface area contributed by atoms with E-state index in [0.29, 0.717) is 4.34 Å². The van der Waals surface area contributed by atoms with Crippen LogP contribution in [-0.2, 0) is 15.7 Å². The summed E-state index contributed by atoms with van der Waals surface area (Å²) in [5.74, 6) is -0.589. The molecule has 0 spiro atoms. The van der Waals surface area contributed by atoms with Gasteiger partial charge >= 0.3 is 12.3 Å². The van der Waals surface area contributed by atoms with Crippen molar-refractivity contribution in [3.63, 3.8) is 0 Å². The van der Waals surface area contributed by atoms with Crippen LogP contribution in [-0.4, -0.2) is 34.6 Å². The van der Waals surface area contributed by atoms with E-state index in [1.54, 1.807) is 0 Å². The maximum Gasteiger partial charge on any atom is 0.418 e. The molecule has 2 N–H and O–H groups in total. The van der Waals surface area contributed by atoms with Gasteiger partial charge in [0.25, 0.3) is 0 Å². The van der Waals surface area contributed by atoms with Gasteiger partial charge < -0.3 is 10.1 Å². The van der Waals surface area contributed by atoms with Gasteiger partial charge in [0.2, 0.25) is 11.0 Å². The number of amides is 2. The molecule has 0 aliphatic rings. The number of hydrogen-bond donors (Lipinski definition) is 2. The van der Waals surface area contributed by atoms with Gasteiger partial charge in [-0.3, -0.25) is 10.1 Å². The van der Waals surface area contributed by atoms with Crippen LogP contribution in [0.25, 0.3) is 0 Å². The lowest BCUT2D eigenvalue weighted by atomic mass is 10.2. The van der Waals surface area contributed by atoms with E-state index in [2.05, 4.69) is 20.3 Å². The second kappa shape index (κ2) is 8.36. The summed E-state index contributed by atoms with van der Waals surface area (Å²) >= 11 is 1.99. The number of rotatable bonds is 5. The van der Waals surface area contributed by atoms with Gasteiger partial charge in [-0.2, -0.15) is 13.2 Å². The predicted octanol–water partition coefficient (Wildman–Crippen LogP) is 3.66. The zero-order valence-electron chi connectivity index (χ0n) is 13.5. The standard InChI is InChI=1S/C14H13F3N4O3S2/c1-7(10(22)19-12(23)24-2)25-13-21-20-11(26-13)18-9-6-4-3-5-8(9)14(15,16)17/h3-7H,1-2H3,(H,18,20)(H,19,22,23)/t7-/m1/s1. The van der Waals surface area contributed by atoms with Crippen LogP contribution in [0.4, 0.5) is 28.8 Å². The van der Waals surface area contributed by atoms with Gasteiger partial charge in [-0.1, -0.05) is 35.2 Å². The Bertz CT molecular complexity index is 798. The fourth-order valence-corrected chi connectivity index (χ4v) is 3.63. The van der Waals surface area contributed by atoms with Crippen molar-refractivity contribution in [1.29, 1.82) is 0 Å². The lowest BCUT2D eigenvalue weighted by Crippen LogP contribution is -2.35. The molecule has 2 rings (SSSR count). The molecule has 1 aromatic carbocycles. The summed E-state index contributed by atoms with van der Waals surface area (Å²) in [6, 6.07) is 4.99. The zero-order valence-corrected chi connectivity index (χ0v) is 15.1. The Hall–Kier alpha value is -2.34. The number of alkyl carbamates (subject to hydrolysis) is 1. The van der Waals surface area contributed by atoms with Gasteiger partial charge in [0.05, 0.1) is 23.6 Å². The van der Waals surface area contributed by atoms with Crippen molar-refractivity contribution < 1.29 is 27.5 Å².